The van der Waals surface area contributed by atoms with Crippen molar-refractivity contribution in [2.24, 2.45) is 0 Å². The second kappa shape index (κ2) is 5.44. The van der Waals surface area contributed by atoms with Crippen LogP contribution in [0.3, 0.4) is 0 Å². The molecule has 4 nitrogen and oxygen atoms in total. The third kappa shape index (κ3) is 4.81. The van der Waals surface area contributed by atoms with Crippen molar-refractivity contribution < 1.29 is 23.1 Å². The molecule has 0 saturated carbocycles. The zero-order chi connectivity index (χ0) is 14.0. The summed E-state index contributed by atoms with van der Waals surface area (Å²) in [6.07, 6.45) is -3.58. The SMILES string of the molecule is CN(C)C(=O)CC1(O)CCCN(CC(F)(F)F)C1. The minimum absolute atomic E-state index is 0.105. The maximum atomic E-state index is 12.3. The molecule has 18 heavy (non-hydrogen) atoms. The number of hydrogen-bond donors (Lipinski definition) is 1. The van der Waals surface area contributed by atoms with Crippen LogP contribution in [-0.2, 0) is 4.79 Å². The van der Waals surface area contributed by atoms with Gasteiger partial charge in [-0.05, 0) is 19.4 Å². The summed E-state index contributed by atoms with van der Waals surface area (Å²) in [5, 5.41) is 10.2. The smallest absolute Gasteiger partial charge is 0.388 e. The molecule has 0 radical (unpaired) electrons. The number of amides is 1. The van der Waals surface area contributed by atoms with Crippen molar-refractivity contribution in [1.29, 1.82) is 0 Å². The Labute approximate surface area is 104 Å². The average molecular weight is 268 g/mol. The number of hydrogen-bond acceptors (Lipinski definition) is 3. The lowest BCUT2D eigenvalue weighted by Crippen LogP contribution is -2.52. The molecule has 1 amide bonds. The van der Waals surface area contributed by atoms with Crippen LogP contribution >= 0.6 is 0 Å². The molecular weight excluding hydrogens is 249 g/mol. The van der Waals surface area contributed by atoms with Crippen molar-refractivity contribution in [3.63, 3.8) is 0 Å². The van der Waals surface area contributed by atoms with E-state index < -0.39 is 18.3 Å². The van der Waals surface area contributed by atoms with E-state index in [0.29, 0.717) is 19.4 Å². The summed E-state index contributed by atoms with van der Waals surface area (Å²) >= 11 is 0. The van der Waals surface area contributed by atoms with Crippen LogP contribution < -0.4 is 0 Å². The van der Waals surface area contributed by atoms with Crippen LogP contribution in [0.15, 0.2) is 0 Å². The van der Waals surface area contributed by atoms with Crippen molar-refractivity contribution in [2.75, 3.05) is 33.7 Å². The molecule has 0 aromatic carbocycles. The van der Waals surface area contributed by atoms with Gasteiger partial charge < -0.3 is 10.0 Å². The monoisotopic (exact) mass is 268 g/mol. The summed E-state index contributed by atoms with van der Waals surface area (Å²) in [4.78, 5) is 14.0. The molecule has 1 aliphatic rings. The predicted molar refractivity (Wildman–Crippen MR) is 60.0 cm³/mol. The number of likely N-dealkylation sites (tertiary alicyclic amines) is 1. The first-order chi connectivity index (χ1) is 8.11. The van der Waals surface area contributed by atoms with E-state index in [1.54, 1.807) is 14.1 Å². The second-order valence-electron chi connectivity index (χ2n) is 5.12. The molecule has 1 unspecified atom stereocenters. The summed E-state index contributed by atoms with van der Waals surface area (Å²) in [7, 11) is 3.12. The van der Waals surface area contributed by atoms with Crippen LogP contribution in [0.25, 0.3) is 0 Å². The standard InChI is InChI=1S/C11H19F3N2O2/c1-15(2)9(17)6-10(18)4-3-5-16(7-10)8-11(12,13)14/h18H,3-8H2,1-2H3. The normalized spacial score (nSPS) is 26.1. The van der Waals surface area contributed by atoms with Gasteiger partial charge in [-0.1, -0.05) is 0 Å². The Kier molecular flexibility index (Phi) is 4.61. The third-order valence-corrected chi connectivity index (χ3v) is 3.02. The number of aliphatic hydroxyl groups is 1. The fraction of sp³-hybridized carbons (Fsp3) is 0.909. The summed E-state index contributed by atoms with van der Waals surface area (Å²) < 4.78 is 36.9. The summed E-state index contributed by atoms with van der Waals surface area (Å²) in [5.74, 6) is -0.272. The van der Waals surface area contributed by atoms with Crippen LogP contribution in [0, 0.1) is 0 Å². The topological polar surface area (TPSA) is 43.8 Å². The van der Waals surface area contributed by atoms with E-state index in [1.165, 1.54) is 4.90 Å². The first-order valence-electron chi connectivity index (χ1n) is 5.83. The number of carbonyl (C=O) groups excluding carboxylic acids is 1. The van der Waals surface area contributed by atoms with Gasteiger partial charge in [0.15, 0.2) is 0 Å². The van der Waals surface area contributed by atoms with Crippen molar-refractivity contribution in [2.45, 2.75) is 31.0 Å². The lowest BCUT2D eigenvalue weighted by Gasteiger charge is -2.39. The Balaban J connectivity index is 2.59. The quantitative estimate of drug-likeness (QED) is 0.825. The van der Waals surface area contributed by atoms with Gasteiger partial charge in [0, 0.05) is 20.6 Å². The Bertz CT molecular complexity index is 307. The zero-order valence-corrected chi connectivity index (χ0v) is 10.6. The molecule has 1 aliphatic heterocycles. The van der Waals surface area contributed by atoms with Gasteiger partial charge >= 0.3 is 6.18 Å². The molecular formula is C11H19F3N2O2. The van der Waals surface area contributed by atoms with Gasteiger partial charge in [0.1, 0.15) is 0 Å². The van der Waals surface area contributed by atoms with E-state index in [4.69, 9.17) is 0 Å². The molecule has 1 fully saturated rings. The van der Waals surface area contributed by atoms with Crippen LogP contribution in [0.1, 0.15) is 19.3 Å². The van der Waals surface area contributed by atoms with Crippen LogP contribution in [0.2, 0.25) is 0 Å². The highest BCUT2D eigenvalue weighted by Crippen LogP contribution is 2.27. The maximum absolute atomic E-state index is 12.3. The molecule has 0 aromatic heterocycles. The largest absolute Gasteiger partial charge is 0.401 e. The van der Waals surface area contributed by atoms with Crippen LogP contribution in [0.4, 0.5) is 13.2 Å². The number of β-amino-alcohol motifs (C(OH)–C–C–N with tert-alkyl or cyclic N) is 1. The van der Waals surface area contributed by atoms with E-state index >= 15 is 0 Å². The number of rotatable bonds is 3. The van der Waals surface area contributed by atoms with Gasteiger partial charge in [0.25, 0.3) is 0 Å². The molecule has 1 saturated heterocycles. The first kappa shape index (κ1) is 15.2. The Morgan fingerprint density at radius 2 is 2.06 bits per heavy atom. The highest BCUT2D eigenvalue weighted by atomic mass is 19.4. The summed E-state index contributed by atoms with van der Waals surface area (Å²) in [6, 6.07) is 0. The molecule has 0 spiro atoms. The fourth-order valence-electron chi connectivity index (χ4n) is 2.18. The van der Waals surface area contributed by atoms with Crippen molar-refractivity contribution in [1.82, 2.24) is 9.80 Å². The molecule has 0 aliphatic carbocycles. The molecule has 7 heteroatoms. The maximum Gasteiger partial charge on any atom is 0.401 e. The molecule has 1 atom stereocenters. The van der Waals surface area contributed by atoms with Crippen molar-refractivity contribution >= 4 is 5.91 Å². The lowest BCUT2D eigenvalue weighted by molar-refractivity contribution is -0.160. The number of halogens is 3. The van der Waals surface area contributed by atoms with E-state index in [1.807, 2.05) is 0 Å². The van der Waals surface area contributed by atoms with E-state index in [0.717, 1.165) is 4.90 Å². The van der Waals surface area contributed by atoms with Crippen molar-refractivity contribution in [3.05, 3.63) is 0 Å². The molecule has 0 bridgehead atoms. The van der Waals surface area contributed by atoms with Gasteiger partial charge in [0.05, 0.1) is 18.6 Å². The third-order valence-electron chi connectivity index (χ3n) is 3.02. The van der Waals surface area contributed by atoms with Gasteiger partial charge in [-0.3, -0.25) is 9.69 Å². The Hall–Kier alpha value is -0.820. The van der Waals surface area contributed by atoms with Gasteiger partial charge in [-0.25, -0.2) is 0 Å². The molecule has 0 aromatic rings. The van der Waals surface area contributed by atoms with Crippen LogP contribution in [0.5, 0.6) is 0 Å². The minimum Gasteiger partial charge on any atom is -0.388 e. The van der Waals surface area contributed by atoms with Gasteiger partial charge in [-0.2, -0.15) is 13.2 Å². The number of alkyl halides is 3. The summed E-state index contributed by atoms with van der Waals surface area (Å²) in [6.45, 7) is -0.838. The molecule has 1 heterocycles. The Morgan fingerprint density at radius 3 is 2.56 bits per heavy atom. The predicted octanol–water partition coefficient (Wildman–Crippen LogP) is 0.854. The molecule has 1 rings (SSSR count). The first-order valence-corrected chi connectivity index (χ1v) is 5.83. The van der Waals surface area contributed by atoms with E-state index in [9.17, 15) is 23.1 Å². The number of nitrogens with zero attached hydrogens (tertiary/aromatic N) is 2. The van der Waals surface area contributed by atoms with Gasteiger partial charge in [-0.15, -0.1) is 0 Å². The molecule has 106 valence electrons. The minimum atomic E-state index is -4.27. The van der Waals surface area contributed by atoms with E-state index in [2.05, 4.69) is 0 Å². The Morgan fingerprint density at radius 1 is 1.44 bits per heavy atom. The molecule has 1 N–H and O–H groups in total. The highest BCUT2D eigenvalue weighted by Gasteiger charge is 2.39. The fourth-order valence-corrected chi connectivity index (χ4v) is 2.18. The van der Waals surface area contributed by atoms with Crippen molar-refractivity contribution in [3.8, 4) is 0 Å². The van der Waals surface area contributed by atoms with Gasteiger partial charge in [0.2, 0.25) is 5.91 Å². The lowest BCUT2D eigenvalue weighted by atomic mass is 9.89. The number of carbonyl (C=O) groups is 1. The summed E-state index contributed by atoms with van der Waals surface area (Å²) in [5.41, 5.74) is -1.34. The zero-order valence-electron chi connectivity index (χ0n) is 10.6. The second-order valence-corrected chi connectivity index (χ2v) is 5.12. The van der Waals surface area contributed by atoms with Crippen LogP contribution in [-0.4, -0.2) is 66.3 Å². The van der Waals surface area contributed by atoms with E-state index in [-0.39, 0.29) is 18.9 Å². The number of piperidine rings is 1. The highest BCUT2D eigenvalue weighted by molar-refractivity contribution is 5.76. The average Bonchev–Trinajstić information content (AvgIpc) is 2.13.